The van der Waals surface area contributed by atoms with Gasteiger partial charge in [0, 0.05) is 19.6 Å². The van der Waals surface area contributed by atoms with Crippen LogP contribution in [0, 0.1) is 0 Å². The molecule has 7 nitrogen and oxygen atoms in total. The van der Waals surface area contributed by atoms with E-state index in [9.17, 15) is 9.59 Å². The monoisotopic (exact) mass is 320 g/mol. The van der Waals surface area contributed by atoms with Crippen LogP contribution in [0.1, 0.15) is 11.6 Å². The van der Waals surface area contributed by atoms with E-state index in [-0.39, 0.29) is 0 Å². The van der Waals surface area contributed by atoms with Gasteiger partial charge in [0.2, 0.25) is 6.08 Å². The number of hydrogen-bond donors (Lipinski definition) is 0. The second-order valence-electron chi connectivity index (χ2n) is 5.02. The molecule has 0 bridgehead atoms. The molecule has 1 atom stereocenters. The van der Waals surface area contributed by atoms with Crippen molar-refractivity contribution in [3.05, 3.63) is 29.8 Å². The van der Waals surface area contributed by atoms with Gasteiger partial charge in [0.1, 0.15) is 12.4 Å². The molecule has 0 aliphatic carbocycles. The van der Waals surface area contributed by atoms with Gasteiger partial charge >= 0.3 is 5.97 Å². The van der Waals surface area contributed by atoms with Crippen LogP contribution >= 0.6 is 0 Å². The average molecular weight is 320 g/mol. The zero-order valence-electron chi connectivity index (χ0n) is 13.1. The first-order valence-corrected chi connectivity index (χ1v) is 7.42. The third-order valence-corrected chi connectivity index (χ3v) is 3.58. The average Bonchev–Trinajstić information content (AvgIpc) is 2.61. The summed E-state index contributed by atoms with van der Waals surface area (Å²) in [6.07, 6.45) is 1.39. The molecule has 0 radical (unpaired) electrons. The number of morpholine rings is 1. The highest BCUT2D eigenvalue weighted by Gasteiger charge is 2.20. The second kappa shape index (κ2) is 9.05. The maximum Gasteiger partial charge on any atom is 0.336 e. The molecule has 1 fully saturated rings. The number of hydrogen-bond acceptors (Lipinski definition) is 7. The van der Waals surface area contributed by atoms with Crippen LogP contribution in [0.2, 0.25) is 0 Å². The SMILES string of the molecule is COC(=O)C(N=C=O)c1ccc(OCCN2CCOCC2)cc1. The minimum absolute atomic E-state index is 0.556. The van der Waals surface area contributed by atoms with Crippen LogP contribution < -0.4 is 4.74 Å². The highest BCUT2D eigenvalue weighted by atomic mass is 16.5. The van der Waals surface area contributed by atoms with E-state index in [1.165, 1.54) is 13.2 Å². The van der Waals surface area contributed by atoms with Gasteiger partial charge in [0.25, 0.3) is 0 Å². The van der Waals surface area contributed by atoms with Gasteiger partial charge < -0.3 is 14.2 Å². The van der Waals surface area contributed by atoms with Crippen molar-refractivity contribution < 1.29 is 23.8 Å². The van der Waals surface area contributed by atoms with Gasteiger partial charge in [-0.15, -0.1) is 0 Å². The summed E-state index contributed by atoms with van der Waals surface area (Å²) in [5.74, 6) is 0.0926. The number of esters is 1. The molecule has 0 saturated carbocycles. The summed E-state index contributed by atoms with van der Waals surface area (Å²) < 4.78 is 15.6. The zero-order valence-corrected chi connectivity index (χ0v) is 13.1. The van der Waals surface area contributed by atoms with Gasteiger partial charge in [-0.3, -0.25) is 4.90 Å². The molecule has 1 aliphatic heterocycles. The Morgan fingerprint density at radius 3 is 2.65 bits per heavy atom. The normalized spacial score (nSPS) is 16.2. The predicted octanol–water partition coefficient (Wildman–Crippen LogP) is 0.947. The summed E-state index contributed by atoms with van der Waals surface area (Å²) in [6.45, 7) is 4.79. The highest BCUT2D eigenvalue weighted by Crippen LogP contribution is 2.21. The number of aliphatic imine (C=N–C) groups is 1. The molecule has 23 heavy (non-hydrogen) atoms. The number of rotatable bonds is 7. The first kappa shape index (κ1) is 17.1. The molecule has 1 aromatic rings. The molecule has 2 rings (SSSR count). The van der Waals surface area contributed by atoms with E-state index in [4.69, 9.17) is 9.47 Å². The minimum Gasteiger partial charge on any atom is -0.492 e. The van der Waals surface area contributed by atoms with Crippen molar-refractivity contribution in [1.29, 1.82) is 0 Å². The summed E-state index contributed by atoms with van der Waals surface area (Å²) in [7, 11) is 1.25. The first-order chi connectivity index (χ1) is 11.2. The standard InChI is InChI=1S/C16H20N2O5/c1-21-16(20)15(17-12-19)13-2-4-14(5-3-13)23-11-8-18-6-9-22-10-7-18/h2-5,15H,6-11H2,1H3. The molecule has 0 N–H and O–H groups in total. The van der Waals surface area contributed by atoms with Crippen molar-refractivity contribution in [1.82, 2.24) is 4.90 Å². The molecule has 0 amide bonds. The topological polar surface area (TPSA) is 77.4 Å². The van der Waals surface area contributed by atoms with E-state index >= 15 is 0 Å². The molecule has 1 aliphatic rings. The van der Waals surface area contributed by atoms with Crippen LogP contribution in [0.15, 0.2) is 29.3 Å². The number of isocyanates is 1. The Hall–Kier alpha value is -2.21. The van der Waals surface area contributed by atoms with E-state index in [0.717, 1.165) is 32.8 Å². The maximum absolute atomic E-state index is 11.6. The molecule has 1 heterocycles. The van der Waals surface area contributed by atoms with Gasteiger partial charge in [-0.25, -0.2) is 9.59 Å². The number of nitrogens with zero attached hydrogens (tertiary/aromatic N) is 2. The summed E-state index contributed by atoms with van der Waals surface area (Å²) >= 11 is 0. The minimum atomic E-state index is -0.986. The van der Waals surface area contributed by atoms with Crippen molar-refractivity contribution >= 4 is 12.0 Å². The fourth-order valence-corrected chi connectivity index (χ4v) is 2.29. The number of methoxy groups -OCH3 is 1. The maximum atomic E-state index is 11.6. The van der Waals surface area contributed by atoms with Gasteiger partial charge in [-0.2, -0.15) is 4.99 Å². The van der Waals surface area contributed by atoms with E-state index < -0.39 is 12.0 Å². The summed E-state index contributed by atoms with van der Waals surface area (Å²) in [5.41, 5.74) is 0.556. The third kappa shape index (κ3) is 5.17. The molecular weight excluding hydrogens is 300 g/mol. The largest absolute Gasteiger partial charge is 0.492 e. The fraction of sp³-hybridized carbons (Fsp3) is 0.500. The van der Waals surface area contributed by atoms with Crippen LogP contribution in [0.3, 0.4) is 0 Å². The lowest BCUT2D eigenvalue weighted by Crippen LogP contribution is -2.38. The lowest BCUT2D eigenvalue weighted by Gasteiger charge is -2.26. The van der Waals surface area contributed by atoms with E-state index in [0.29, 0.717) is 17.9 Å². The number of ether oxygens (including phenoxy) is 3. The quantitative estimate of drug-likeness (QED) is 0.423. The van der Waals surface area contributed by atoms with Crippen LogP contribution in [0.25, 0.3) is 0 Å². The predicted molar refractivity (Wildman–Crippen MR) is 82.1 cm³/mol. The molecule has 124 valence electrons. The lowest BCUT2D eigenvalue weighted by atomic mass is 10.1. The lowest BCUT2D eigenvalue weighted by molar-refractivity contribution is -0.142. The van der Waals surface area contributed by atoms with Crippen LogP contribution in [0.4, 0.5) is 0 Å². The molecule has 1 saturated heterocycles. The Balaban J connectivity index is 1.87. The Bertz CT molecular complexity index is 548. The molecular formula is C16H20N2O5. The van der Waals surface area contributed by atoms with Gasteiger partial charge in [0.05, 0.1) is 20.3 Å². The van der Waals surface area contributed by atoms with Crippen LogP contribution in [-0.2, 0) is 19.1 Å². The Morgan fingerprint density at radius 2 is 2.04 bits per heavy atom. The van der Waals surface area contributed by atoms with Crippen molar-refractivity contribution in [2.75, 3.05) is 46.6 Å². The first-order valence-electron chi connectivity index (χ1n) is 7.42. The number of carbonyl (C=O) groups is 1. The summed E-state index contributed by atoms with van der Waals surface area (Å²) in [5, 5.41) is 0. The molecule has 1 aromatic carbocycles. The number of carbonyl (C=O) groups excluding carboxylic acids is 2. The fourth-order valence-electron chi connectivity index (χ4n) is 2.29. The van der Waals surface area contributed by atoms with Crippen molar-refractivity contribution in [2.45, 2.75) is 6.04 Å². The summed E-state index contributed by atoms with van der Waals surface area (Å²) in [4.78, 5) is 27.8. The summed E-state index contributed by atoms with van der Waals surface area (Å²) in [6, 6.07) is 5.87. The van der Waals surface area contributed by atoms with Crippen LogP contribution in [0.5, 0.6) is 5.75 Å². The van der Waals surface area contributed by atoms with E-state index in [1.54, 1.807) is 24.3 Å². The molecule has 1 unspecified atom stereocenters. The molecule has 0 aromatic heterocycles. The molecule has 7 heteroatoms. The third-order valence-electron chi connectivity index (χ3n) is 3.58. The Labute approximate surface area is 134 Å². The van der Waals surface area contributed by atoms with Crippen LogP contribution in [-0.4, -0.2) is 63.5 Å². The van der Waals surface area contributed by atoms with E-state index in [1.807, 2.05) is 0 Å². The second-order valence-corrected chi connectivity index (χ2v) is 5.02. The van der Waals surface area contributed by atoms with Crippen molar-refractivity contribution in [3.63, 3.8) is 0 Å². The smallest absolute Gasteiger partial charge is 0.336 e. The Kier molecular flexibility index (Phi) is 6.75. The van der Waals surface area contributed by atoms with Gasteiger partial charge in [0.15, 0.2) is 6.04 Å². The Morgan fingerprint density at radius 1 is 1.35 bits per heavy atom. The van der Waals surface area contributed by atoms with Gasteiger partial charge in [-0.05, 0) is 17.7 Å². The van der Waals surface area contributed by atoms with E-state index in [2.05, 4.69) is 14.6 Å². The number of benzene rings is 1. The molecule has 0 spiro atoms. The zero-order chi connectivity index (χ0) is 16.5. The van der Waals surface area contributed by atoms with Crippen molar-refractivity contribution in [2.24, 2.45) is 4.99 Å². The van der Waals surface area contributed by atoms with Gasteiger partial charge in [-0.1, -0.05) is 12.1 Å². The highest BCUT2D eigenvalue weighted by molar-refractivity contribution is 5.78. The van der Waals surface area contributed by atoms with Crippen molar-refractivity contribution in [3.8, 4) is 5.75 Å².